The van der Waals surface area contributed by atoms with Gasteiger partial charge in [-0.1, -0.05) is 89.5 Å². The van der Waals surface area contributed by atoms with E-state index in [2.05, 4.69) is 71.7 Å². The monoisotopic (exact) mass is 344 g/mol. The zero-order valence-electron chi connectivity index (χ0n) is 12.4. The van der Waals surface area contributed by atoms with E-state index in [1.807, 2.05) is 6.26 Å². The van der Waals surface area contributed by atoms with E-state index >= 15 is 0 Å². The van der Waals surface area contributed by atoms with Crippen molar-refractivity contribution >= 4 is 34.9 Å². The highest BCUT2D eigenvalue weighted by atomic mass is 32.2. The van der Waals surface area contributed by atoms with Crippen molar-refractivity contribution in [3.63, 3.8) is 0 Å². The molecule has 3 aromatic rings. The van der Waals surface area contributed by atoms with Crippen molar-refractivity contribution in [3.05, 3.63) is 71.3 Å². The van der Waals surface area contributed by atoms with Crippen LogP contribution in [0.1, 0.15) is 21.9 Å². The second-order valence-electron chi connectivity index (χ2n) is 4.80. The minimum Gasteiger partial charge on any atom is -0.131 e. The van der Waals surface area contributed by atoms with E-state index in [1.165, 1.54) is 16.7 Å². The Kier molecular flexibility index (Phi) is 5.18. The number of hydrogen-bond acceptors (Lipinski definition) is 5. The molecule has 0 radical (unpaired) electrons. The van der Waals surface area contributed by atoms with Crippen LogP contribution in [-0.2, 0) is 0 Å². The Bertz CT molecular complexity index is 740. The second-order valence-corrected chi connectivity index (χ2v) is 8.19. The van der Waals surface area contributed by atoms with Crippen molar-refractivity contribution in [2.24, 2.45) is 0 Å². The van der Waals surface area contributed by atoms with Crippen molar-refractivity contribution < 1.29 is 0 Å². The molecule has 2 aromatic carbocycles. The molecule has 0 aliphatic rings. The van der Waals surface area contributed by atoms with Gasteiger partial charge in [0.1, 0.15) is 0 Å². The first-order valence-electron chi connectivity index (χ1n) is 6.92. The van der Waals surface area contributed by atoms with Gasteiger partial charge in [-0.25, -0.2) is 0 Å². The lowest BCUT2D eigenvalue weighted by Crippen LogP contribution is -1.99. The van der Waals surface area contributed by atoms with E-state index in [4.69, 9.17) is 0 Å². The Hall–Kier alpha value is -1.30. The Balaban J connectivity index is 1.98. The molecule has 0 fully saturated rings. The van der Waals surface area contributed by atoms with Gasteiger partial charge in [-0.2, -0.15) is 0 Å². The van der Waals surface area contributed by atoms with Gasteiger partial charge in [0.05, 0.1) is 5.25 Å². The topological polar surface area (TPSA) is 25.8 Å². The maximum absolute atomic E-state index is 4.32. The maximum Gasteiger partial charge on any atom is 0.176 e. The van der Waals surface area contributed by atoms with Crippen molar-refractivity contribution in [1.82, 2.24) is 10.2 Å². The van der Waals surface area contributed by atoms with Crippen LogP contribution in [0.25, 0.3) is 0 Å². The van der Waals surface area contributed by atoms with E-state index < -0.39 is 0 Å². The molecule has 1 atom stereocenters. The quantitative estimate of drug-likeness (QED) is 0.575. The van der Waals surface area contributed by atoms with Gasteiger partial charge in [0.25, 0.3) is 0 Å². The Labute approximate surface area is 143 Å². The van der Waals surface area contributed by atoms with Crippen LogP contribution in [0.4, 0.5) is 0 Å². The van der Waals surface area contributed by atoms with E-state index in [0.29, 0.717) is 0 Å². The molecule has 5 heteroatoms. The normalized spacial score (nSPS) is 12.3. The van der Waals surface area contributed by atoms with Crippen LogP contribution in [0, 0.1) is 6.92 Å². The second kappa shape index (κ2) is 7.31. The Morgan fingerprint density at radius 1 is 0.909 bits per heavy atom. The summed E-state index contributed by atoms with van der Waals surface area (Å²) in [5, 5.41) is 8.77. The van der Waals surface area contributed by atoms with E-state index in [1.54, 1.807) is 34.9 Å². The third-order valence-corrected chi connectivity index (χ3v) is 6.63. The molecular weight excluding hydrogens is 328 g/mol. The molecule has 0 saturated carbocycles. The minimum absolute atomic E-state index is 0.241. The van der Waals surface area contributed by atoms with Gasteiger partial charge in [0.2, 0.25) is 0 Å². The summed E-state index contributed by atoms with van der Waals surface area (Å²) >= 11 is 5.08. The average molecular weight is 345 g/mol. The number of thioether (sulfide) groups is 2. The van der Waals surface area contributed by atoms with Crippen LogP contribution in [0.5, 0.6) is 0 Å². The van der Waals surface area contributed by atoms with Gasteiger partial charge in [0, 0.05) is 0 Å². The Morgan fingerprint density at radius 3 is 2.27 bits per heavy atom. The molecule has 0 aliphatic heterocycles. The average Bonchev–Trinajstić information content (AvgIpc) is 3.02. The van der Waals surface area contributed by atoms with Crippen molar-refractivity contribution in [2.75, 3.05) is 6.26 Å². The molecule has 22 heavy (non-hydrogen) atoms. The first-order chi connectivity index (χ1) is 10.8. The molecule has 0 saturated heterocycles. The maximum atomic E-state index is 4.32. The summed E-state index contributed by atoms with van der Waals surface area (Å²) < 4.78 is 2.03. The highest BCUT2D eigenvalue weighted by molar-refractivity contribution is 8.03. The number of benzene rings is 2. The smallest absolute Gasteiger partial charge is 0.131 e. The lowest BCUT2D eigenvalue weighted by molar-refractivity contribution is 0.952. The van der Waals surface area contributed by atoms with Crippen molar-refractivity contribution in [1.29, 1.82) is 0 Å². The fraction of sp³-hybridized carbons (Fsp3) is 0.176. The number of aryl methyl sites for hydroxylation is 1. The lowest BCUT2D eigenvalue weighted by atomic mass is 10.0. The molecule has 1 aromatic heterocycles. The zero-order chi connectivity index (χ0) is 15.4. The SMILES string of the molecule is CSc1nnc(SC(c2ccccc2)c2ccccc2C)s1. The minimum atomic E-state index is 0.241. The number of aromatic nitrogens is 2. The predicted molar refractivity (Wildman–Crippen MR) is 97.0 cm³/mol. The summed E-state index contributed by atoms with van der Waals surface area (Å²) in [5.74, 6) is 0. The van der Waals surface area contributed by atoms with Crippen molar-refractivity contribution in [2.45, 2.75) is 20.9 Å². The highest BCUT2D eigenvalue weighted by Crippen LogP contribution is 2.43. The molecule has 1 heterocycles. The third-order valence-electron chi connectivity index (χ3n) is 3.35. The molecule has 0 amide bonds. The molecule has 0 spiro atoms. The molecule has 0 aliphatic carbocycles. The molecule has 0 bridgehead atoms. The summed E-state index contributed by atoms with van der Waals surface area (Å²) in [7, 11) is 0. The fourth-order valence-corrected chi connectivity index (χ4v) is 5.10. The molecular formula is C17H16N2S3. The standard InChI is InChI=1S/C17H16N2S3/c1-12-8-6-7-11-14(12)15(13-9-4-3-5-10-13)21-17-19-18-16(20-2)22-17/h3-11,15H,1-2H3. The van der Waals surface area contributed by atoms with Gasteiger partial charge in [0.15, 0.2) is 8.68 Å². The summed E-state index contributed by atoms with van der Waals surface area (Å²) in [5.41, 5.74) is 3.93. The van der Waals surface area contributed by atoms with Gasteiger partial charge in [-0.15, -0.1) is 10.2 Å². The summed E-state index contributed by atoms with van der Waals surface area (Å²) in [6.45, 7) is 2.17. The molecule has 112 valence electrons. The first-order valence-corrected chi connectivity index (χ1v) is 9.84. The first kappa shape index (κ1) is 15.6. The highest BCUT2D eigenvalue weighted by Gasteiger charge is 2.19. The van der Waals surface area contributed by atoms with Crippen LogP contribution in [0.15, 0.2) is 63.3 Å². The molecule has 0 N–H and O–H groups in total. The number of rotatable bonds is 5. The zero-order valence-corrected chi connectivity index (χ0v) is 14.8. The van der Waals surface area contributed by atoms with Gasteiger partial charge in [-0.05, 0) is 29.9 Å². The van der Waals surface area contributed by atoms with E-state index in [-0.39, 0.29) is 5.25 Å². The summed E-state index contributed by atoms with van der Waals surface area (Å²) in [6, 6.07) is 19.2. The molecule has 1 unspecified atom stereocenters. The van der Waals surface area contributed by atoms with Gasteiger partial charge >= 0.3 is 0 Å². The van der Waals surface area contributed by atoms with Crippen LogP contribution in [-0.4, -0.2) is 16.5 Å². The predicted octanol–water partition coefficient (Wildman–Crippen LogP) is 5.45. The van der Waals surface area contributed by atoms with Crippen LogP contribution in [0.3, 0.4) is 0 Å². The summed E-state index contributed by atoms with van der Waals surface area (Å²) in [4.78, 5) is 0. The van der Waals surface area contributed by atoms with Gasteiger partial charge in [-0.3, -0.25) is 0 Å². The van der Waals surface area contributed by atoms with Crippen molar-refractivity contribution in [3.8, 4) is 0 Å². The van der Waals surface area contributed by atoms with E-state index in [0.717, 1.165) is 8.68 Å². The largest absolute Gasteiger partial charge is 0.176 e. The van der Waals surface area contributed by atoms with Gasteiger partial charge < -0.3 is 0 Å². The van der Waals surface area contributed by atoms with E-state index in [9.17, 15) is 0 Å². The summed E-state index contributed by atoms with van der Waals surface area (Å²) in [6.07, 6.45) is 2.03. The van der Waals surface area contributed by atoms with Crippen LogP contribution >= 0.6 is 34.9 Å². The molecule has 3 rings (SSSR count). The third kappa shape index (κ3) is 3.54. The van der Waals surface area contributed by atoms with Crippen LogP contribution in [0.2, 0.25) is 0 Å². The van der Waals surface area contributed by atoms with Crippen LogP contribution < -0.4 is 0 Å². The number of nitrogens with zero attached hydrogens (tertiary/aromatic N) is 2. The lowest BCUT2D eigenvalue weighted by Gasteiger charge is -2.18. The molecule has 2 nitrogen and oxygen atoms in total. The number of hydrogen-bond donors (Lipinski definition) is 0. The Morgan fingerprint density at radius 2 is 1.59 bits per heavy atom. The fourth-order valence-electron chi connectivity index (χ4n) is 2.25.